The first-order valence-electron chi connectivity index (χ1n) is 7.50. The Bertz CT molecular complexity index is 931. The van der Waals surface area contributed by atoms with Crippen LogP contribution in [0.15, 0.2) is 89.3 Å². The predicted octanol–water partition coefficient (Wildman–Crippen LogP) is 5.33. The van der Waals surface area contributed by atoms with E-state index in [2.05, 4.69) is 12.1 Å². The summed E-state index contributed by atoms with van der Waals surface area (Å²) in [5.74, 6) is 0.277. The molecule has 4 aromatic rings. The highest BCUT2D eigenvalue weighted by Crippen LogP contribution is 2.23. The van der Waals surface area contributed by atoms with Gasteiger partial charge in [0.1, 0.15) is 5.58 Å². The van der Waals surface area contributed by atoms with Gasteiger partial charge in [0.2, 0.25) is 5.78 Å². The molecule has 0 bridgehead atoms. The van der Waals surface area contributed by atoms with Gasteiger partial charge in [-0.15, -0.1) is 0 Å². The molecule has 2 nitrogen and oxygen atoms in total. The van der Waals surface area contributed by atoms with Crippen LogP contribution in [0, 0.1) is 0 Å². The average Bonchev–Trinajstić information content (AvgIpc) is 3.06. The zero-order chi connectivity index (χ0) is 15.6. The van der Waals surface area contributed by atoms with Crippen LogP contribution in [0.1, 0.15) is 16.1 Å². The zero-order valence-electron chi connectivity index (χ0n) is 12.4. The van der Waals surface area contributed by atoms with E-state index in [1.165, 1.54) is 0 Å². The molecule has 0 aliphatic heterocycles. The largest absolute Gasteiger partial charge is 0.453 e. The van der Waals surface area contributed by atoms with Crippen LogP contribution in [0.3, 0.4) is 0 Å². The first-order valence-corrected chi connectivity index (χ1v) is 7.50. The first kappa shape index (κ1) is 13.5. The second-order valence-corrected chi connectivity index (χ2v) is 5.42. The zero-order valence-corrected chi connectivity index (χ0v) is 12.4. The Balaban J connectivity index is 1.66. The van der Waals surface area contributed by atoms with Crippen molar-refractivity contribution in [3.63, 3.8) is 0 Å². The van der Waals surface area contributed by atoms with E-state index in [1.54, 1.807) is 6.07 Å². The van der Waals surface area contributed by atoms with Gasteiger partial charge in [0.15, 0.2) is 5.76 Å². The molecular weight excluding hydrogens is 284 g/mol. The van der Waals surface area contributed by atoms with Gasteiger partial charge >= 0.3 is 0 Å². The Hall–Kier alpha value is -3.13. The van der Waals surface area contributed by atoms with Crippen LogP contribution in [0.5, 0.6) is 0 Å². The quantitative estimate of drug-likeness (QED) is 0.478. The van der Waals surface area contributed by atoms with E-state index >= 15 is 0 Å². The molecule has 0 atom stereocenters. The normalized spacial score (nSPS) is 10.8. The number of rotatable bonds is 3. The van der Waals surface area contributed by atoms with Crippen molar-refractivity contribution in [1.82, 2.24) is 0 Å². The van der Waals surface area contributed by atoms with Crippen molar-refractivity contribution in [2.24, 2.45) is 0 Å². The van der Waals surface area contributed by atoms with Crippen molar-refractivity contribution in [3.8, 4) is 11.1 Å². The number of para-hydroxylation sites is 1. The highest BCUT2D eigenvalue weighted by Gasteiger charge is 2.14. The van der Waals surface area contributed by atoms with Crippen molar-refractivity contribution >= 4 is 16.8 Å². The second kappa shape index (κ2) is 5.58. The van der Waals surface area contributed by atoms with Gasteiger partial charge in [0.25, 0.3) is 0 Å². The molecule has 0 radical (unpaired) electrons. The van der Waals surface area contributed by atoms with E-state index in [1.807, 2.05) is 66.7 Å². The third-order valence-corrected chi connectivity index (χ3v) is 3.90. The lowest BCUT2D eigenvalue weighted by Gasteiger charge is -2.03. The van der Waals surface area contributed by atoms with E-state index in [9.17, 15) is 4.79 Å². The van der Waals surface area contributed by atoms with Crippen LogP contribution in [0.2, 0.25) is 0 Å². The van der Waals surface area contributed by atoms with E-state index in [0.29, 0.717) is 11.3 Å². The number of carbonyl (C=O) groups excluding carboxylic acids is 1. The minimum Gasteiger partial charge on any atom is -0.453 e. The molecule has 0 saturated carbocycles. The Labute approximate surface area is 134 Å². The molecule has 4 rings (SSSR count). The summed E-state index contributed by atoms with van der Waals surface area (Å²) in [5.41, 5.74) is 3.59. The van der Waals surface area contributed by atoms with Gasteiger partial charge in [-0.05, 0) is 23.3 Å². The molecule has 3 aromatic carbocycles. The lowest BCUT2D eigenvalue weighted by atomic mass is 10.0. The molecule has 0 unspecified atom stereocenters. The first-order chi connectivity index (χ1) is 11.3. The van der Waals surface area contributed by atoms with Gasteiger partial charge in [0.05, 0.1) is 0 Å². The van der Waals surface area contributed by atoms with Crippen LogP contribution in [-0.4, -0.2) is 5.78 Å². The van der Waals surface area contributed by atoms with Crippen molar-refractivity contribution in [2.75, 3.05) is 0 Å². The molecule has 0 fully saturated rings. The van der Waals surface area contributed by atoms with Crippen molar-refractivity contribution in [3.05, 3.63) is 96.3 Å². The fourth-order valence-electron chi connectivity index (χ4n) is 2.68. The summed E-state index contributed by atoms with van der Waals surface area (Å²) in [4.78, 5) is 12.6. The van der Waals surface area contributed by atoms with Gasteiger partial charge in [-0.3, -0.25) is 4.79 Å². The molecule has 0 amide bonds. The van der Waals surface area contributed by atoms with E-state index in [-0.39, 0.29) is 5.78 Å². The summed E-state index contributed by atoms with van der Waals surface area (Å²) in [5, 5.41) is 0.941. The van der Waals surface area contributed by atoms with Crippen molar-refractivity contribution in [1.29, 1.82) is 0 Å². The number of ketones is 1. The Kier molecular flexibility index (Phi) is 3.28. The Morgan fingerprint density at radius 2 is 1.35 bits per heavy atom. The molecule has 1 aromatic heterocycles. The average molecular weight is 298 g/mol. The number of carbonyl (C=O) groups is 1. The molecule has 0 aliphatic rings. The highest BCUT2D eigenvalue weighted by molar-refractivity contribution is 6.09. The van der Waals surface area contributed by atoms with Crippen LogP contribution < -0.4 is 0 Å². The molecule has 23 heavy (non-hydrogen) atoms. The standard InChI is InChI=1S/C21H14O2/c22-21(20-14-18-8-4-5-9-19(18)23-20)17-12-10-16(11-13-17)15-6-2-1-3-7-15/h1-14H. The van der Waals surface area contributed by atoms with Gasteiger partial charge in [0, 0.05) is 10.9 Å². The van der Waals surface area contributed by atoms with Gasteiger partial charge in [-0.2, -0.15) is 0 Å². The topological polar surface area (TPSA) is 30.2 Å². The summed E-state index contributed by atoms with van der Waals surface area (Å²) in [6.07, 6.45) is 0. The van der Waals surface area contributed by atoms with E-state index in [4.69, 9.17) is 4.42 Å². The Morgan fingerprint density at radius 3 is 2.09 bits per heavy atom. The van der Waals surface area contributed by atoms with Crippen LogP contribution in [0.25, 0.3) is 22.1 Å². The number of fused-ring (bicyclic) bond motifs is 1. The lowest BCUT2D eigenvalue weighted by molar-refractivity contribution is 0.101. The fraction of sp³-hybridized carbons (Fsp3) is 0. The number of hydrogen-bond donors (Lipinski definition) is 0. The van der Waals surface area contributed by atoms with Crippen LogP contribution >= 0.6 is 0 Å². The Morgan fingerprint density at radius 1 is 0.696 bits per heavy atom. The number of hydrogen-bond acceptors (Lipinski definition) is 2. The maximum absolute atomic E-state index is 12.6. The summed E-state index contributed by atoms with van der Waals surface area (Å²) in [7, 11) is 0. The lowest BCUT2D eigenvalue weighted by Crippen LogP contribution is -1.99. The van der Waals surface area contributed by atoms with Crippen LogP contribution in [-0.2, 0) is 0 Å². The van der Waals surface area contributed by atoms with Crippen LogP contribution in [0.4, 0.5) is 0 Å². The minimum atomic E-state index is -0.0965. The van der Waals surface area contributed by atoms with Crippen molar-refractivity contribution in [2.45, 2.75) is 0 Å². The van der Waals surface area contributed by atoms with E-state index in [0.717, 1.165) is 22.1 Å². The number of furan rings is 1. The minimum absolute atomic E-state index is 0.0965. The smallest absolute Gasteiger partial charge is 0.228 e. The van der Waals surface area contributed by atoms with E-state index < -0.39 is 0 Å². The summed E-state index contributed by atoms with van der Waals surface area (Å²) < 4.78 is 5.65. The second-order valence-electron chi connectivity index (χ2n) is 5.42. The molecule has 110 valence electrons. The van der Waals surface area contributed by atoms with Crippen molar-refractivity contribution < 1.29 is 9.21 Å². The SMILES string of the molecule is O=C(c1ccc(-c2ccccc2)cc1)c1cc2ccccc2o1. The van der Waals surface area contributed by atoms with Gasteiger partial charge < -0.3 is 4.42 Å². The third-order valence-electron chi connectivity index (χ3n) is 3.90. The summed E-state index contributed by atoms with van der Waals surface area (Å²) >= 11 is 0. The summed E-state index contributed by atoms with van der Waals surface area (Å²) in [6, 6.07) is 27.1. The number of benzene rings is 3. The highest BCUT2D eigenvalue weighted by atomic mass is 16.3. The monoisotopic (exact) mass is 298 g/mol. The molecular formula is C21H14O2. The molecule has 0 spiro atoms. The maximum atomic E-state index is 12.6. The summed E-state index contributed by atoms with van der Waals surface area (Å²) in [6.45, 7) is 0. The third kappa shape index (κ3) is 2.55. The maximum Gasteiger partial charge on any atom is 0.228 e. The van der Waals surface area contributed by atoms with Gasteiger partial charge in [-0.1, -0.05) is 72.8 Å². The molecule has 0 aliphatic carbocycles. The molecule has 2 heteroatoms. The molecule has 1 heterocycles. The molecule has 0 saturated heterocycles. The molecule has 0 N–H and O–H groups in total. The van der Waals surface area contributed by atoms with Gasteiger partial charge in [-0.25, -0.2) is 0 Å². The fourth-order valence-corrected chi connectivity index (χ4v) is 2.68. The predicted molar refractivity (Wildman–Crippen MR) is 91.5 cm³/mol.